The third-order valence-corrected chi connectivity index (χ3v) is 4.47. The summed E-state index contributed by atoms with van der Waals surface area (Å²) >= 11 is 0. The summed E-state index contributed by atoms with van der Waals surface area (Å²) in [7, 11) is 0. The molecule has 0 spiro atoms. The molecule has 2 rings (SSSR count). The minimum Gasteiger partial charge on any atom is -0.490 e. The zero-order valence-corrected chi connectivity index (χ0v) is 14.9. The van der Waals surface area contributed by atoms with Crippen LogP contribution in [0.15, 0.2) is 54.6 Å². The van der Waals surface area contributed by atoms with Gasteiger partial charge in [0.2, 0.25) is 0 Å². The van der Waals surface area contributed by atoms with Crippen molar-refractivity contribution >= 4 is 0 Å². The molecule has 3 atom stereocenters. The second-order valence-electron chi connectivity index (χ2n) is 6.86. The van der Waals surface area contributed by atoms with Gasteiger partial charge in [0.25, 0.3) is 0 Å². The second-order valence-corrected chi connectivity index (χ2v) is 6.86. The second kappa shape index (κ2) is 8.86. The van der Waals surface area contributed by atoms with E-state index in [1.54, 1.807) is 0 Å². The molecule has 3 N–H and O–H groups in total. The van der Waals surface area contributed by atoms with E-state index in [4.69, 9.17) is 10.5 Å². The normalized spacial score (nSPS) is 15.1. The number of hydrogen-bond donors (Lipinski definition) is 2. The number of benzene rings is 2. The molecule has 0 aliphatic carbocycles. The predicted molar refractivity (Wildman–Crippen MR) is 100.0 cm³/mol. The van der Waals surface area contributed by atoms with Crippen LogP contribution in [-0.2, 0) is 0 Å². The fraction of sp³-hybridized carbons (Fsp3) is 0.429. The van der Waals surface area contributed by atoms with E-state index in [2.05, 4.69) is 32.9 Å². The van der Waals surface area contributed by atoms with Gasteiger partial charge in [-0.1, -0.05) is 69.3 Å². The van der Waals surface area contributed by atoms with Crippen LogP contribution in [0.2, 0.25) is 0 Å². The molecular weight excluding hydrogens is 298 g/mol. The van der Waals surface area contributed by atoms with Crippen LogP contribution < -0.4 is 10.5 Å². The third kappa shape index (κ3) is 5.08. The van der Waals surface area contributed by atoms with E-state index in [0.717, 1.165) is 16.9 Å². The lowest BCUT2D eigenvalue weighted by atomic mass is 9.89. The van der Waals surface area contributed by atoms with E-state index in [1.807, 2.05) is 42.5 Å². The third-order valence-electron chi connectivity index (χ3n) is 4.47. The fourth-order valence-corrected chi connectivity index (χ4v) is 2.95. The Kier molecular flexibility index (Phi) is 6.83. The molecule has 0 heterocycles. The molecule has 0 saturated carbocycles. The summed E-state index contributed by atoms with van der Waals surface area (Å²) in [6.07, 6.45) is 0.126. The molecule has 2 aromatic carbocycles. The van der Waals surface area contributed by atoms with Crippen molar-refractivity contribution in [3.8, 4) is 16.9 Å². The molecule has 0 bridgehead atoms. The van der Waals surface area contributed by atoms with Gasteiger partial charge >= 0.3 is 0 Å². The van der Waals surface area contributed by atoms with Gasteiger partial charge in [-0.25, -0.2) is 0 Å². The number of nitrogens with two attached hydrogens (primary N) is 1. The van der Waals surface area contributed by atoms with Crippen LogP contribution in [0.4, 0.5) is 0 Å². The Morgan fingerprint density at radius 2 is 1.58 bits per heavy atom. The van der Waals surface area contributed by atoms with Gasteiger partial charge in [0, 0.05) is 11.6 Å². The zero-order chi connectivity index (χ0) is 17.5. The first-order valence-electron chi connectivity index (χ1n) is 8.70. The van der Waals surface area contributed by atoms with Gasteiger partial charge in [0.05, 0.1) is 6.10 Å². The van der Waals surface area contributed by atoms with Crippen molar-refractivity contribution in [3.05, 3.63) is 54.6 Å². The summed E-state index contributed by atoms with van der Waals surface area (Å²) in [6, 6.07) is 18.1. The molecule has 2 aromatic rings. The average molecular weight is 327 g/mol. The molecule has 0 aliphatic heterocycles. The summed E-state index contributed by atoms with van der Waals surface area (Å²) < 4.78 is 5.90. The molecule has 0 aromatic heterocycles. The van der Waals surface area contributed by atoms with E-state index in [1.165, 1.54) is 0 Å². The monoisotopic (exact) mass is 327 g/mol. The Morgan fingerprint density at radius 3 is 2.25 bits per heavy atom. The first-order chi connectivity index (χ1) is 11.5. The summed E-state index contributed by atoms with van der Waals surface area (Å²) in [6.45, 7) is 6.59. The van der Waals surface area contributed by atoms with Gasteiger partial charge in [-0.3, -0.25) is 0 Å². The molecule has 0 radical (unpaired) electrons. The molecule has 0 amide bonds. The average Bonchev–Trinajstić information content (AvgIpc) is 2.60. The van der Waals surface area contributed by atoms with Crippen LogP contribution in [0.3, 0.4) is 0 Å². The van der Waals surface area contributed by atoms with Crippen molar-refractivity contribution in [2.75, 3.05) is 6.61 Å². The van der Waals surface area contributed by atoms with Crippen LogP contribution in [-0.4, -0.2) is 23.9 Å². The summed E-state index contributed by atoms with van der Waals surface area (Å²) in [5.74, 6) is 1.46. The smallest absolute Gasteiger partial charge is 0.127 e. The molecule has 24 heavy (non-hydrogen) atoms. The first-order valence-corrected chi connectivity index (χ1v) is 8.70. The van der Waals surface area contributed by atoms with E-state index in [-0.39, 0.29) is 18.6 Å². The van der Waals surface area contributed by atoms with E-state index >= 15 is 0 Å². The Hall–Kier alpha value is -1.84. The number of hydrogen-bond acceptors (Lipinski definition) is 3. The van der Waals surface area contributed by atoms with E-state index in [9.17, 15) is 5.11 Å². The lowest BCUT2D eigenvalue weighted by Gasteiger charge is -2.25. The number of rotatable bonds is 8. The van der Waals surface area contributed by atoms with Gasteiger partial charge in [-0.2, -0.15) is 0 Å². The maximum atomic E-state index is 10.3. The van der Waals surface area contributed by atoms with Crippen LogP contribution in [0, 0.1) is 11.8 Å². The molecular formula is C21H29NO2. The molecule has 3 heteroatoms. The number of para-hydroxylation sites is 1. The van der Waals surface area contributed by atoms with Gasteiger partial charge in [0.15, 0.2) is 0 Å². The van der Waals surface area contributed by atoms with E-state index < -0.39 is 6.10 Å². The van der Waals surface area contributed by atoms with Gasteiger partial charge in [-0.05, 0) is 29.9 Å². The van der Waals surface area contributed by atoms with E-state index in [0.29, 0.717) is 12.3 Å². The van der Waals surface area contributed by atoms with Gasteiger partial charge < -0.3 is 15.6 Å². The summed E-state index contributed by atoms with van der Waals surface area (Å²) in [5, 5.41) is 10.3. The van der Waals surface area contributed by atoms with Crippen molar-refractivity contribution in [2.45, 2.75) is 39.3 Å². The topological polar surface area (TPSA) is 55.5 Å². The minimum atomic E-state index is -0.520. The molecule has 3 unspecified atom stereocenters. The van der Waals surface area contributed by atoms with Gasteiger partial charge in [-0.15, -0.1) is 0 Å². The molecule has 0 fully saturated rings. The highest BCUT2D eigenvalue weighted by atomic mass is 16.5. The van der Waals surface area contributed by atoms with Crippen LogP contribution in [0.25, 0.3) is 11.1 Å². The largest absolute Gasteiger partial charge is 0.490 e. The van der Waals surface area contributed by atoms with Crippen molar-refractivity contribution in [1.82, 2.24) is 0 Å². The quantitative estimate of drug-likeness (QED) is 0.767. The lowest BCUT2D eigenvalue weighted by Crippen LogP contribution is -2.36. The number of aliphatic hydroxyl groups excluding tert-OH is 1. The Labute approximate surface area is 145 Å². The molecule has 130 valence electrons. The Balaban J connectivity index is 1.98. The summed E-state index contributed by atoms with van der Waals surface area (Å²) in [4.78, 5) is 0. The van der Waals surface area contributed by atoms with Crippen LogP contribution >= 0.6 is 0 Å². The molecule has 0 aliphatic rings. The standard InChI is InChI=1S/C21H29NO2/c1-15(2)21(22)16(3)13-18(23)14-24-20-12-8-7-11-19(20)17-9-5-4-6-10-17/h4-12,15-16,18,21,23H,13-14,22H2,1-3H3. The van der Waals surface area contributed by atoms with Gasteiger partial charge in [0.1, 0.15) is 12.4 Å². The highest BCUT2D eigenvalue weighted by molar-refractivity contribution is 5.70. The predicted octanol–water partition coefficient (Wildman–Crippen LogP) is 4.10. The van der Waals surface area contributed by atoms with Crippen molar-refractivity contribution in [1.29, 1.82) is 0 Å². The van der Waals surface area contributed by atoms with Crippen molar-refractivity contribution in [3.63, 3.8) is 0 Å². The maximum absolute atomic E-state index is 10.3. The molecule has 3 nitrogen and oxygen atoms in total. The minimum absolute atomic E-state index is 0.0938. The highest BCUT2D eigenvalue weighted by Crippen LogP contribution is 2.29. The maximum Gasteiger partial charge on any atom is 0.127 e. The fourth-order valence-electron chi connectivity index (χ4n) is 2.95. The summed E-state index contributed by atoms with van der Waals surface area (Å²) in [5.41, 5.74) is 8.31. The van der Waals surface area contributed by atoms with Crippen LogP contribution in [0.5, 0.6) is 5.75 Å². The molecule has 0 saturated heterocycles. The van der Waals surface area contributed by atoms with Crippen LogP contribution in [0.1, 0.15) is 27.2 Å². The first kappa shape index (κ1) is 18.5. The number of ether oxygens (including phenoxy) is 1. The SMILES string of the molecule is CC(C)C(N)C(C)CC(O)COc1ccccc1-c1ccccc1. The zero-order valence-electron chi connectivity index (χ0n) is 14.9. The van der Waals surface area contributed by atoms with Crippen molar-refractivity contribution in [2.24, 2.45) is 17.6 Å². The van der Waals surface area contributed by atoms with Crippen molar-refractivity contribution < 1.29 is 9.84 Å². The highest BCUT2D eigenvalue weighted by Gasteiger charge is 2.20. The number of aliphatic hydroxyl groups is 1. The Morgan fingerprint density at radius 1 is 0.958 bits per heavy atom. The Bertz CT molecular complexity index is 612. The lowest BCUT2D eigenvalue weighted by molar-refractivity contribution is 0.0808.